The number of anilines is 1. The van der Waals surface area contributed by atoms with Gasteiger partial charge in [0, 0.05) is 12.1 Å². The highest BCUT2D eigenvalue weighted by molar-refractivity contribution is 6.25. The molecule has 1 fully saturated rings. The molecule has 0 aromatic heterocycles. The molecule has 6 heteroatoms. The molecule has 3 amide bonds. The molecule has 190 valence electrons. The lowest BCUT2D eigenvalue weighted by Gasteiger charge is -2.52. The number of nitrogens with one attached hydrogen (secondary N) is 1. The van der Waals surface area contributed by atoms with Crippen LogP contribution in [0.5, 0.6) is 0 Å². The standard InChI is InChI=1S/C33H25N3O3/c37-27(19-21-11-3-1-4-12-21)35-34-20-33-25-17-9-7-15-23(25)28(24-16-8-10-18-26(24)33)29-30(33)32(39)36(31(29)38)22-13-5-2-6-14-22/h1-18,20,28-30H,19H2,(H,35,37)/b34-20-/t28?,29-,30+,33?/m0/s1. The first-order valence-electron chi connectivity index (χ1n) is 13.1. The van der Waals surface area contributed by atoms with Crippen LogP contribution in [0.25, 0.3) is 0 Å². The molecule has 1 aliphatic heterocycles. The summed E-state index contributed by atoms with van der Waals surface area (Å²) in [5.41, 5.74) is 7.07. The number of carbonyl (C=O) groups is 3. The van der Waals surface area contributed by atoms with Gasteiger partial charge in [0.25, 0.3) is 0 Å². The second kappa shape index (κ2) is 8.88. The number of hydrogen-bond acceptors (Lipinski definition) is 4. The van der Waals surface area contributed by atoms with Crippen LogP contribution in [0.1, 0.15) is 33.7 Å². The maximum Gasteiger partial charge on any atom is 0.244 e. The van der Waals surface area contributed by atoms with E-state index in [9.17, 15) is 14.4 Å². The minimum absolute atomic E-state index is 0.186. The molecule has 1 saturated heterocycles. The van der Waals surface area contributed by atoms with E-state index in [2.05, 4.69) is 10.5 Å². The third kappa shape index (κ3) is 3.34. The Hall–Kier alpha value is -4.84. The highest BCUT2D eigenvalue weighted by Gasteiger charge is 2.68. The Bertz CT molecular complexity index is 1600. The van der Waals surface area contributed by atoms with Crippen LogP contribution in [-0.4, -0.2) is 23.9 Å². The summed E-state index contributed by atoms with van der Waals surface area (Å²) in [6, 6.07) is 34.6. The van der Waals surface area contributed by atoms with E-state index in [0.717, 1.165) is 27.8 Å². The van der Waals surface area contributed by atoms with Gasteiger partial charge in [-0.05, 0) is 39.9 Å². The summed E-state index contributed by atoms with van der Waals surface area (Å²) in [4.78, 5) is 42.5. The largest absolute Gasteiger partial charge is 0.274 e. The number of amides is 3. The highest BCUT2D eigenvalue weighted by atomic mass is 16.2. The van der Waals surface area contributed by atoms with Crippen molar-refractivity contribution in [3.63, 3.8) is 0 Å². The normalized spacial score (nSPS) is 24.4. The molecule has 0 saturated carbocycles. The van der Waals surface area contributed by atoms with Gasteiger partial charge in [-0.15, -0.1) is 0 Å². The van der Waals surface area contributed by atoms with Crippen LogP contribution in [0.2, 0.25) is 0 Å². The molecule has 2 atom stereocenters. The van der Waals surface area contributed by atoms with Gasteiger partial charge in [-0.25, -0.2) is 10.3 Å². The first kappa shape index (κ1) is 23.3. The maximum atomic E-state index is 14.3. The Balaban J connectivity index is 1.37. The van der Waals surface area contributed by atoms with Crippen LogP contribution in [0.3, 0.4) is 0 Å². The van der Waals surface area contributed by atoms with E-state index < -0.39 is 17.3 Å². The first-order valence-corrected chi connectivity index (χ1v) is 13.1. The second-order valence-corrected chi connectivity index (χ2v) is 10.3. The number of imide groups is 1. The lowest BCUT2D eigenvalue weighted by molar-refractivity contribution is -0.123. The van der Waals surface area contributed by atoms with Crippen molar-refractivity contribution in [2.75, 3.05) is 4.90 Å². The van der Waals surface area contributed by atoms with Crippen molar-refractivity contribution in [1.82, 2.24) is 5.43 Å². The molecule has 39 heavy (non-hydrogen) atoms. The van der Waals surface area contributed by atoms with Gasteiger partial charge in [0.1, 0.15) is 0 Å². The zero-order valence-electron chi connectivity index (χ0n) is 21.0. The fraction of sp³-hybridized carbons (Fsp3) is 0.152. The molecular formula is C33H25N3O3. The minimum Gasteiger partial charge on any atom is -0.274 e. The average molecular weight is 512 g/mol. The topological polar surface area (TPSA) is 78.8 Å². The molecular weight excluding hydrogens is 486 g/mol. The summed E-state index contributed by atoms with van der Waals surface area (Å²) in [5, 5.41) is 4.47. The van der Waals surface area contributed by atoms with Crippen LogP contribution < -0.4 is 10.3 Å². The molecule has 6 nitrogen and oxygen atoms in total. The number of hydrazone groups is 1. The van der Waals surface area contributed by atoms with E-state index in [0.29, 0.717) is 5.69 Å². The molecule has 1 N–H and O–H groups in total. The Kier molecular flexibility index (Phi) is 5.30. The van der Waals surface area contributed by atoms with Gasteiger partial charge in [0.15, 0.2) is 0 Å². The zero-order valence-corrected chi connectivity index (χ0v) is 21.0. The summed E-state index contributed by atoms with van der Waals surface area (Å²) in [6.07, 6.45) is 1.88. The third-order valence-electron chi connectivity index (χ3n) is 8.36. The van der Waals surface area contributed by atoms with E-state index in [1.807, 2.05) is 97.1 Å². The lowest BCUT2D eigenvalue weighted by atomic mass is 9.47. The van der Waals surface area contributed by atoms with Crippen molar-refractivity contribution in [3.8, 4) is 0 Å². The third-order valence-corrected chi connectivity index (χ3v) is 8.36. The van der Waals surface area contributed by atoms with Gasteiger partial charge in [-0.1, -0.05) is 97.1 Å². The average Bonchev–Trinajstić information content (AvgIpc) is 3.25. The Labute approximate surface area is 226 Å². The number of rotatable bonds is 5. The van der Waals surface area contributed by atoms with Crippen molar-refractivity contribution >= 4 is 29.6 Å². The molecule has 8 rings (SSSR count). The summed E-state index contributed by atoms with van der Waals surface area (Å²) in [7, 11) is 0. The quantitative estimate of drug-likeness (QED) is 0.242. The monoisotopic (exact) mass is 511 g/mol. The van der Waals surface area contributed by atoms with E-state index in [1.165, 1.54) is 4.90 Å². The van der Waals surface area contributed by atoms with Gasteiger partial charge in [0.2, 0.25) is 17.7 Å². The van der Waals surface area contributed by atoms with Gasteiger partial charge in [-0.3, -0.25) is 14.4 Å². The highest BCUT2D eigenvalue weighted by Crippen LogP contribution is 2.63. The van der Waals surface area contributed by atoms with Crippen LogP contribution in [0.4, 0.5) is 5.69 Å². The molecule has 4 aromatic rings. The summed E-state index contributed by atoms with van der Waals surface area (Å²) in [5.74, 6) is -2.20. The van der Waals surface area contributed by atoms with E-state index in [4.69, 9.17) is 0 Å². The SMILES string of the molecule is O=C(Cc1ccccc1)N/N=C\C12c3ccccc3C(c3ccccc31)[C@@H]1C(=O)N(c3ccccc3)C(=O)[C@@H]12. The van der Waals surface area contributed by atoms with Crippen LogP contribution >= 0.6 is 0 Å². The first-order chi connectivity index (χ1) is 19.1. The Morgan fingerprint density at radius 3 is 1.97 bits per heavy atom. The van der Waals surface area contributed by atoms with Gasteiger partial charge in [-0.2, -0.15) is 5.10 Å². The van der Waals surface area contributed by atoms with Gasteiger partial charge >= 0.3 is 0 Å². The smallest absolute Gasteiger partial charge is 0.244 e. The fourth-order valence-electron chi connectivity index (χ4n) is 6.91. The van der Waals surface area contributed by atoms with E-state index >= 15 is 0 Å². The zero-order chi connectivity index (χ0) is 26.6. The van der Waals surface area contributed by atoms with Crippen molar-refractivity contribution in [1.29, 1.82) is 0 Å². The minimum atomic E-state index is -1.01. The summed E-state index contributed by atoms with van der Waals surface area (Å²) < 4.78 is 0. The molecule has 0 unspecified atom stereocenters. The molecule has 2 bridgehead atoms. The van der Waals surface area contributed by atoms with Crippen molar-refractivity contribution in [3.05, 3.63) is 137 Å². The summed E-state index contributed by atoms with van der Waals surface area (Å²) in [6.45, 7) is 0. The predicted molar refractivity (Wildman–Crippen MR) is 148 cm³/mol. The molecule has 4 aliphatic rings. The molecule has 0 spiro atoms. The Morgan fingerprint density at radius 2 is 1.33 bits per heavy atom. The van der Waals surface area contributed by atoms with Gasteiger partial charge in [0.05, 0.1) is 29.4 Å². The van der Waals surface area contributed by atoms with Crippen LogP contribution in [-0.2, 0) is 26.2 Å². The van der Waals surface area contributed by atoms with Crippen molar-refractivity contribution in [2.24, 2.45) is 16.9 Å². The predicted octanol–water partition coefficient (Wildman–Crippen LogP) is 4.58. The molecule has 1 heterocycles. The van der Waals surface area contributed by atoms with E-state index in [-0.39, 0.29) is 30.1 Å². The van der Waals surface area contributed by atoms with Crippen molar-refractivity contribution < 1.29 is 14.4 Å². The maximum absolute atomic E-state index is 14.3. The molecule has 3 aliphatic carbocycles. The Morgan fingerprint density at radius 1 is 0.769 bits per heavy atom. The number of para-hydroxylation sites is 1. The van der Waals surface area contributed by atoms with Crippen molar-refractivity contribution in [2.45, 2.75) is 17.8 Å². The summed E-state index contributed by atoms with van der Waals surface area (Å²) >= 11 is 0. The lowest BCUT2D eigenvalue weighted by Crippen LogP contribution is -2.54. The molecule has 4 aromatic carbocycles. The number of benzene rings is 4. The van der Waals surface area contributed by atoms with E-state index in [1.54, 1.807) is 18.3 Å². The van der Waals surface area contributed by atoms with Crippen LogP contribution in [0, 0.1) is 11.8 Å². The molecule has 0 radical (unpaired) electrons. The van der Waals surface area contributed by atoms with Gasteiger partial charge < -0.3 is 0 Å². The number of hydrogen-bond donors (Lipinski definition) is 1. The second-order valence-electron chi connectivity index (χ2n) is 10.3. The fourth-order valence-corrected chi connectivity index (χ4v) is 6.91. The number of nitrogens with zero attached hydrogens (tertiary/aromatic N) is 2. The van der Waals surface area contributed by atoms with Crippen LogP contribution in [0.15, 0.2) is 114 Å². The number of carbonyl (C=O) groups excluding carboxylic acids is 3.